The summed E-state index contributed by atoms with van der Waals surface area (Å²) in [7, 11) is 1.71. The first-order valence-electron chi connectivity index (χ1n) is 7.01. The number of hydrogen-bond donors (Lipinski definition) is 2. The van der Waals surface area contributed by atoms with Gasteiger partial charge in [-0.15, -0.1) is 0 Å². The zero-order valence-electron chi connectivity index (χ0n) is 12.1. The Labute approximate surface area is 120 Å². The lowest BCUT2D eigenvalue weighted by Gasteiger charge is -2.38. The summed E-state index contributed by atoms with van der Waals surface area (Å²) in [5.41, 5.74) is 7.73. The molecule has 1 aromatic carbocycles. The van der Waals surface area contributed by atoms with E-state index in [1.807, 2.05) is 36.1 Å². The third-order valence-electron chi connectivity index (χ3n) is 3.80. The van der Waals surface area contributed by atoms with Crippen LogP contribution in [0.15, 0.2) is 24.3 Å². The van der Waals surface area contributed by atoms with Gasteiger partial charge in [-0.25, -0.2) is 4.79 Å². The lowest BCUT2D eigenvalue weighted by atomic mass is 10.00. The van der Waals surface area contributed by atoms with Crippen molar-refractivity contribution in [3.8, 4) is 0 Å². The van der Waals surface area contributed by atoms with Gasteiger partial charge in [0.25, 0.3) is 0 Å². The molecule has 1 aromatic rings. The third kappa shape index (κ3) is 3.49. The molecular formula is C15H23N3O2. The van der Waals surface area contributed by atoms with Gasteiger partial charge in [-0.05, 0) is 37.5 Å². The molecule has 1 aliphatic heterocycles. The van der Waals surface area contributed by atoms with Crippen molar-refractivity contribution in [1.82, 2.24) is 4.90 Å². The van der Waals surface area contributed by atoms with E-state index in [4.69, 9.17) is 10.5 Å². The quantitative estimate of drug-likeness (QED) is 0.887. The summed E-state index contributed by atoms with van der Waals surface area (Å²) < 4.78 is 5.37. The summed E-state index contributed by atoms with van der Waals surface area (Å²) in [5, 5.41) is 2.94. The Kier molecular flexibility index (Phi) is 4.98. The van der Waals surface area contributed by atoms with Crippen LogP contribution < -0.4 is 11.1 Å². The van der Waals surface area contributed by atoms with Gasteiger partial charge in [0.15, 0.2) is 0 Å². The van der Waals surface area contributed by atoms with E-state index < -0.39 is 0 Å². The molecule has 0 aromatic heterocycles. The summed E-state index contributed by atoms with van der Waals surface area (Å²) in [6, 6.07) is 7.74. The number of carbonyl (C=O) groups excluding carboxylic acids is 1. The van der Waals surface area contributed by atoms with Gasteiger partial charge in [0.05, 0.1) is 6.10 Å². The average Bonchev–Trinajstić information content (AvgIpc) is 2.46. The number of methoxy groups -OCH3 is 1. The highest BCUT2D eigenvalue weighted by molar-refractivity contribution is 5.89. The third-order valence-corrected chi connectivity index (χ3v) is 3.80. The number of nitrogens with one attached hydrogen (secondary N) is 1. The van der Waals surface area contributed by atoms with Crippen molar-refractivity contribution >= 4 is 11.7 Å². The van der Waals surface area contributed by atoms with Gasteiger partial charge >= 0.3 is 6.03 Å². The fourth-order valence-electron chi connectivity index (χ4n) is 2.64. The highest BCUT2D eigenvalue weighted by Crippen LogP contribution is 2.20. The van der Waals surface area contributed by atoms with Crippen LogP contribution in [0.4, 0.5) is 10.5 Å². The highest BCUT2D eigenvalue weighted by Gasteiger charge is 2.30. The van der Waals surface area contributed by atoms with Crippen molar-refractivity contribution in [2.75, 3.05) is 25.5 Å². The SMILES string of the molecule is COC1CCN(C(=O)Nc2cccc(C)c2)C(CN)C1. The maximum atomic E-state index is 12.4. The number of ether oxygens (including phenoxy) is 1. The molecule has 0 spiro atoms. The van der Waals surface area contributed by atoms with Crippen molar-refractivity contribution in [3.05, 3.63) is 29.8 Å². The van der Waals surface area contributed by atoms with Crippen LogP contribution in [0.2, 0.25) is 0 Å². The second kappa shape index (κ2) is 6.72. The Morgan fingerprint density at radius 3 is 3.00 bits per heavy atom. The van der Waals surface area contributed by atoms with Crippen molar-refractivity contribution in [2.45, 2.75) is 31.9 Å². The molecule has 0 saturated carbocycles. The van der Waals surface area contributed by atoms with Crippen molar-refractivity contribution in [3.63, 3.8) is 0 Å². The lowest BCUT2D eigenvalue weighted by Crippen LogP contribution is -2.52. The van der Waals surface area contributed by atoms with Crippen LogP contribution in [-0.4, -0.2) is 43.3 Å². The molecule has 5 heteroatoms. The molecule has 1 heterocycles. The van der Waals surface area contributed by atoms with Gasteiger partial charge in [0, 0.05) is 31.9 Å². The van der Waals surface area contributed by atoms with E-state index >= 15 is 0 Å². The van der Waals surface area contributed by atoms with Crippen LogP contribution in [0.25, 0.3) is 0 Å². The van der Waals surface area contributed by atoms with Crippen LogP contribution >= 0.6 is 0 Å². The summed E-state index contributed by atoms with van der Waals surface area (Å²) in [6.07, 6.45) is 1.86. The van der Waals surface area contributed by atoms with Gasteiger partial charge < -0.3 is 20.7 Å². The van der Waals surface area contributed by atoms with Gasteiger partial charge in [-0.2, -0.15) is 0 Å². The van der Waals surface area contributed by atoms with E-state index in [1.165, 1.54) is 0 Å². The van der Waals surface area contributed by atoms with Crippen LogP contribution in [0, 0.1) is 6.92 Å². The smallest absolute Gasteiger partial charge is 0.322 e. The molecule has 3 N–H and O–H groups in total. The number of benzene rings is 1. The van der Waals surface area contributed by atoms with E-state index in [2.05, 4.69) is 5.32 Å². The minimum Gasteiger partial charge on any atom is -0.381 e. The van der Waals surface area contributed by atoms with E-state index in [0.29, 0.717) is 13.1 Å². The van der Waals surface area contributed by atoms with E-state index in [0.717, 1.165) is 24.1 Å². The van der Waals surface area contributed by atoms with Crippen LogP contribution in [0.3, 0.4) is 0 Å². The molecule has 2 unspecified atom stereocenters. The fourth-order valence-corrected chi connectivity index (χ4v) is 2.64. The van der Waals surface area contributed by atoms with Crippen LogP contribution in [0.1, 0.15) is 18.4 Å². The van der Waals surface area contributed by atoms with Crippen molar-refractivity contribution in [1.29, 1.82) is 0 Å². The number of aryl methyl sites for hydroxylation is 1. The summed E-state index contributed by atoms with van der Waals surface area (Å²) in [6.45, 7) is 3.14. The maximum Gasteiger partial charge on any atom is 0.322 e. The van der Waals surface area contributed by atoms with Crippen molar-refractivity contribution in [2.24, 2.45) is 5.73 Å². The van der Waals surface area contributed by atoms with E-state index in [-0.39, 0.29) is 18.2 Å². The predicted molar refractivity (Wildman–Crippen MR) is 79.8 cm³/mol. The molecule has 1 fully saturated rings. The molecule has 1 saturated heterocycles. The maximum absolute atomic E-state index is 12.4. The number of likely N-dealkylation sites (tertiary alicyclic amines) is 1. The summed E-state index contributed by atoms with van der Waals surface area (Å²) in [5.74, 6) is 0. The number of nitrogens with two attached hydrogens (primary N) is 1. The van der Waals surface area contributed by atoms with Gasteiger partial charge in [-0.3, -0.25) is 0 Å². The van der Waals surface area contributed by atoms with Gasteiger partial charge in [-0.1, -0.05) is 12.1 Å². The number of anilines is 1. The number of rotatable bonds is 3. The van der Waals surface area contributed by atoms with E-state index in [1.54, 1.807) is 7.11 Å². The Morgan fingerprint density at radius 2 is 2.35 bits per heavy atom. The standard InChI is InChI=1S/C15H23N3O2/c1-11-4-3-5-12(8-11)17-15(19)18-7-6-14(20-2)9-13(18)10-16/h3-5,8,13-14H,6-7,9-10,16H2,1-2H3,(H,17,19). The monoisotopic (exact) mass is 277 g/mol. The lowest BCUT2D eigenvalue weighted by molar-refractivity contribution is 0.0292. The number of urea groups is 1. The van der Waals surface area contributed by atoms with Crippen LogP contribution in [-0.2, 0) is 4.74 Å². The van der Waals surface area contributed by atoms with Gasteiger partial charge in [0.2, 0.25) is 0 Å². The molecule has 2 amide bonds. The number of nitrogens with zero attached hydrogens (tertiary/aromatic N) is 1. The Morgan fingerprint density at radius 1 is 1.55 bits per heavy atom. The molecule has 2 rings (SSSR count). The zero-order valence-corrected chi connectivity index (χ0v) is 12.1. The minimum absolute atomic E-state index is 0.0403. The number of amides is 2. The molecular weight excluding hydrogens is 254 g/mol. The number of carbonyl (C=O) groups is 1. The predicted octanol–water partition coefficient (Wildman–Crippen LogP) is 1.97. The summed E-state index contributed by atoms with van der Waals surface area (Å²) in [4.78, 5) is 14.2. The molecule has 5 nitrogen and oxygen atoms in total. The second-order valence-corrected chi connectivity index (χ2v) is 5.26. The molecule has 0 radical (unpaired) electrons. The fraction of sp³-hybridized carbons (Fsp3) is 0.533. The normalized spacial score (nSPS) is 22.6. The Balaban J connectivity index is 2.01. The van der Waals surface area contributed by atoms with E-state index in [9.17, 15) is 4.79 Å². The topological polar surface area (TPSA) is 67.6 Å². The molecule has 20 heavy (non-hydrogen) atoms. The molecule has 2 atom stereocenters. The van der Waals surface area contributed by atoms with Gasteiger partial charge in [0.1, 0.15) is 0 Å². The highest BCUT2D eigenvalue weighted by atomic mass is 16.5. The first-order valence-corrected chi connectivity index (χ1v) is 7.01. The largest absolute Gasteiger partial charge is 0.381 e. The van der Waals surface area contributed by atoms with Crippen LogP contribution in [0.5, 0.6) is 0 Å². The Bertz CT molecular complexity index is 464. The second-order valence-electron chi connectivity index (χ2n) is 5.26. The first-order chi connectivity index (χ1) is 9.63. The average molecular weight is 277 g/mol. The minimum atomic E-state index is -0.0828. The summed E-state index contributed by atoms with van der Waals surface area (Å²) >= 11 is 0. The zero-order chi connectivity index (χ0) is 14.5. The number of piperidine rings is 1. The molecule has 0 bridgehead atoms. The molecule has 110 valence electrons. The number of hydrogen-bond acceptors (Lipinski definition) is 3. The van der Waals surface area contributed by atoms with Crippen molar-refractivity contribution < 1.29 is 9.53 Å². The molecule has 0 aliphatic carbocycles. The Hall–Kier alpha value is -1.59. The molecule has 1 aliphatic rings. The first kappa shape index (κ1) is 14.8.